The molecule has 3 saturated heterocycles. The number of carbonyl (C=O) groups is 20. The van der Waals surface area contributed by atoms with Gasteiger partial charge in [-0.1, -0.05) is 0 Å². The lowest BCUT2D eigenvalue weighted by atomic mass is 9.96. The third-order valence-corrected chi connectivity index (χ3v) is 19.5. The quantitative estimate of drug-likeness (QED) is 0.0169. The van der Waals surface area contributed by atoms with Crippen molar-refractivity contribution in [3.05, 3.63) is 0 Å². The summed E-state index contributed by atoms with van der Waals surface area (Å²) in [4.78, 5) is 249. The molecule has 11 N–H and O–H groups in total. The molecule has 3 heterocycles. The maximum Gasteiger partial charge on any atom is 0.303 e. The van der Waals surface area contributed by atoms with E-state index in [1.807, 2.05) is 0 Å². The van der Waals surface area contributed by atoms with E-state index < -0.39 is 212 Å². The Bertz CT molecular complexity index is 3460. The van der Waals surface area contributed by atoms with Gasteiger partial charge in [-0.05, 0) is 64.2 Å². The van der Waals surface area contributed by atoms with E-state index >= 15 is 0 Å². The Morgan fingerprint density at radius 1 is 0.261 bits per heavy atom. The lowest BCUT2D eigenvalue weighted by Gasteiger charge is -2.44. The molecule has 0 bridgehead atoms. The first-order valence-electron chi connectivity index (χ1n) is 44.5. The first-order chi connectivity index (χ1) is 63.6. The summed E-state index contributed by atoms with van der Waals surface area (Å²) in [6, 6.07) is -3.53. The van der Waals surface area contributed by atoms with Gasteiger partial charge in [0.25, 0.3) is 0 Å². The number of amides is 11. The molecule has 3 aliphatic heterocycles. The van der Waals surface area contributed by atoms with Crippen molar-refractivity contribution in [3.8, 4) is 0 Å². The summed E-state index contributed by atoms with van der Waals surface area (Å²) < 4.78 is 102. The van der Waals surface area contributed by atoms with Crippen LogP contribution in [0, 0.1) is 0 Å². The van der Waals surface area contributed by atoms with Crippen molar-refractivity contribution < 1.29 is 181 Å². The summed E-state index contributed by atoms with van der Waals surface area (Å²) in [6.07, 6.45) is -12.8. The minimum atomic E-state index is -1.54. The highest BCUT2D eigenvalue weighted by Gasteiger charge is 2.55. The average molecular weight is 1920 g/mol. The first kappa shape index (κ1) is 117. The topological polar surface area (TPSA) is 640 Å². The van der Waals surface area contributed by atoms with Crippen LogP contribution in [-0.4, -0.2) is 342 Å². The highest BCUT2D eigenvalue weighted by Crippen LogP contribution is 2.32. The maximum absolute atomic E-state index is 13.8. The Morgan fingerprint density at radius 3 is 0.739 bits per heavy atom. The third-order valence-electron chi connectivity index (χ3n) is 19.5. The van der Waals surface area contributed by atoms with Crippen molar-refractivity contribution >= 4 is 119 Å². The molecule has 0 saturated carbocycles. The van der Waals surface area contributed by atoms with E-state index in [0.717, 1.165) is 62.3 Å². The van der Waals surface area contributed by atoms with Gasteiger partial charge < -0.3 is 144 Å². The van der Waals surface area contributed by atoms with Crippen LogP contribution in [-0.2, 0) is 181 Å². The summed E-state index contributed by atoms with van der Waals surface area (Å²) in [7, 11) is 1.44. The van der Waals surface area contributed by atoms with Crippen LogP contribution in [0.2, 0.25) is 0 Å². The summed E-state index contributed by atoms with van der Waals surface area (Å²) in [5, 5.41) is 29.9. The van der Waals surface area contributed by atoms with E-state index in [4.69, 9.17) is 85.3 Å². The predicted octanol–water partition coefficient (Wildman–Crippen LogP) is -2.63. The summed E-state index contributed by atoms with van der Waals surface area (Å²) in [6.45, 7) is 11.7. The molecule has 3 aliphatic rings. The van der Waals surface area contributed by atoms with E-state index in [1.54, 1.807) is 0 Å². The number of nitrogens with one attached hydrogen (secondary N) is 11. The van der Waals surface area contributed by atoms with Crippen LogP contribution in [0.4, 0.5) is 0 Å². The molecular formula is C85H137N11O38. The van der Waals surface area contributed by atoms with E-state index in [9.17, 15) is 95.9 Å². The Labute approximate surface area is 777 Å². The minimum Gasteiger partial charge on any atom is -0.463 e. The molecule has 0 aromatic carbocycles. The van der Waals surface area contributed by atoms with Crippen molar-refractivity contribution in [1.29, 1.82) is 0 Å². The van der Waals surface area contributed by atoms with Crippen molar-refractivity contribution in [2.45, 2.75) is 296 Å². The molecule has 3 rings (SSSR count). The molecule has 0 radical (unpaired) electrons. The van der Waals surface area contributed by atoms with Gasteiger partial charge in [0.15, 0.2) is 55.5 Å². The minimum absolute atomic E-state index is 0.00176. The van der Waals surface area contributed by atoms with Crippen molar-refractivity contribution in [1.82, 2.24) is 58.5 Å². The molecule has 0 aliphatic carbocycles. The zero-order chi connectivity index (χ0) is 99.7. The summed E-state index contributed by atoms with van der Waals surface area (Å²) in [5.41, 5.74) is -1.54. The van der Waals surface area contributed by atoms with Crippen molar-refractivity contribution in [2.24, 2.45) is 0 Å². The van der Waals surface area contributed by atoms with Gasteiger partial charge in [-0.25, -0.2) is 0 Å². The number of hydrogen-bond donors (Lipinski definition) is 11. The normalized spacial score (nSPS) is 21.6. The SMILES string of the molecule is CNC(=O)CCCC(=O)NC(COCCC(=O)NCCCNC(=O)CCCCO[C@@H]1OC(COC(C)=O)[C@H](OC(C)=O)C(OC(C)=O)C1NC(C)=O)(COCCC(=O)NCCCNC(=O)CCCCO[C@@H]1OC(COC(C)=O)[C@H](OC(C)=O)C(OC(C)=O)[C@@H]1NC(C)=O)COCCC(=O)NCCCNC(=O)CCCCO[C@@H]1OC(COC(C)=O)[C@H](OC(C)=O)C(OC(C)=O)[C@@H]1NC(C)=O. The Hall–Kier alpha value is -11.0. The fraction of sp³-hybridized carbons (Fsp3) is 0.765. The molecule has 3 fully saturated rings. The number of esters is 9. The van der Waals surface area contributed by atoms with Crippen LogP contribution >= 0.6 is 0 Å². The van der Waals surface area contributed by atoms with Gasteiger partial charge in [0, 0.05) is 201 Å². The summed E-state index contributed by atoms with van der Waals surface area (Å²) >= 11 is 0. The highest BCUT2D eigenvalue weighted by molar-refractivity contribution is 5.81. The third kappa shape index (κ3) is 50.9. The molecule has 15 atom stereocenters. The monoisotopic (exact) mass is 1920 g/mol. The number of ether oxygens (including phenoxy) is 18. The van der Waals surface area contributed by atoms with Crippen LogP contribution in [0.15, 0.2) is 0 Å². The van der Waals surface area contributed by atoms with Gasteiger partial charge in [-0.3, -0.25) is 95.9 Å². The average Bonchev–Trinajstić information content (AvgIpc) is 0.794. The molecule has 0 aromatic rings. The molecule has 49 heteroatoms. The van der Waals surface area contributed by atoms with Crippen molar-refractivity contribution in [3.63, 3.8) is 0 Å². The Balaban J connectivity index is 1.62. The molecule has 760 valence electrons. The fourth-order valence-corrected chi connectivity index (χ4v) is 13.6. The Morgan fingerprint density at radius 2 is 0.500 bits per heavy atom. The second-order valence-electron chi connectivity index (χ2n) is 31.6. The highest BCUT2D eigenvalue weighted by atomic mass is 16.7. The van der Waals surface area contributed by atoms with Gasteiger partial charge >= 0.3 is 53.7 Å². The summed E-state index contributed by atoms with van der Waals surface area (Å²) in [5.74, 6) is -11.5. The second-order valence-corrected chi connectivity index (χ2v) is 31.6. The number of unbranched alkanes of at least 4 members (excludes halogenated alkanes) is 3. The van der Waals surface area contributed by atoms with E-state index in [0.29, 0.717) is 57.8 Å². The number of hydrogen-bond acceptors (Lipinski definition) is 38. The molecule has 7 unspecified atom stereocenters. The van der Waals surface area contributed by atoms with Crippen LogP contribution in [0.5, 0.6) is 0 Å². The van der Waals surface area contributed by atoms with Gasteiger partial charge in [0.2, 0.25) is 65.0 Å². The fourth-order valence-electron chi connectivity index (χ4n) is 13.6. The number of carbonyl (C=O) groups excluding carboxylic acids is 20. The van der Waals surface area contributed by atoms with Gasteiger partial charge in [-0.15, -0.1) is 0 Å². The molecule has 49 nitrogen and oxygen atoms in total. The largest absolute Gasteiger partial charge is 0.463 e. The number of rotatable bonds is 65. The lowest BCUT2D eigenvalue weighted by Crippen LogP contribution is -2.66. The standard InChI is InChI=1S/C85H137N11O38/c1-50(97)93-73-79(129-59(10)106)76(126-56(7)103)62(44-123-53(4)100)132-82(73)120-38-17-14-24-66(110)87-32-21-35-90-69(113)29-41-117-47-85(96-72(116)28-20-27-65(109)86-13,48-118-42-30-70(114)91-36-22-33-88-67(111)25-15-18-39-121-83-74(94-51(2)98)80(130-60(11)107)77(127-57(8)104)63(133-83)45-124-54(5)101)49-119-43-31-71(115)92-37-23-34-89-68(112)26-16-19-40-122-84-75(95-52(3)99)81(131-61(12)108)78(128-58(9)105)64(134-84)46-125-55(6)102/h62-64,73-84H,14-49H2,1-13H3,(H,86,109)(H,87,110)(H,88,111)(H,89,112)(H,90,113)(H,91,114)(H,92,115)(H,93,97)(H,94,98)(H,95,99)(H,96,116)/t62?,63?,64?,73-,74-,75?,76-,77-,78-,79?,80?,81?,82+,83+,84+,85?/m0/s1. The maximum atomic E-state index is 13.8. The van der Waals surface area contributed by atoms with Gasteiger partial charge in [-0.2, -0.15) is 0 Å². The molecule has 134 heavy (non-hydrogen) atoms. The second kappa shape index (κ2) is 65.6. The molecule has 0 spiro atoms. The molecule has 11 amide bonds. The zero-order valence-electron chi connectivity index (χ0n) is 78.6. The van der Waals surface area contributed by atoms with Crippen LogP contribution < -0.4 is 58.5 Å². The van der Waals surface area contributed by atoms with E-state index in [1.165, 1.54) is 27.8 Å². The van der Waals surface area contributed by atoms with Crippen LogP contribution in [0.1, 0.15) is 199 Å². The van der Waals surface area contributed by atoms with Crippen LogP contribution in [0.25, 0.3) is 0 Å². The predicted molar refractivity (Wildman–Crippen MR) is 458 cm³/mol. The lowest BCUT2D eigenvalue weighted by molar-refractivity contribution is -0.277. The Kier molecular flexibility index (Phi) is 57.4. The van der Waals surface area contributed by atoms with Gasteiger partial charge in [0.05, 0.1) is 39.6 Å². The van der Waals surface area contributed by atoms with E-state index in [-0.39, 0.29) is 180 Å². The smallest absolute Gasteiger partial charge is 0.303 e. The zero-order valence-corrected chi connectivity index (χ0v) is 78.6. The molecular weight excluding hydrogens is 1780 g/mol. The van der Waals surface area contributed by atoms with Crippen LogP contribution in [0.3, 0.4) is 0 Å². The molecule has 0 aromatic heterocycles. The van der Waals surface area contributed by atoms with Gasteiger partial charge in [0.1, 0.15) is 61.8 Å². The van der Waals surface area contributed by atoms with Crippen molar-refractivity contribution in [2.75, 3.05) is 126 Å². The first-order valence-corrected chi connectivity index (χ1v) is 44.5. The van der Waals surface area contributed by atoms with E-state index in [2.05, 4.69) is 58.5 Å².